The number of hydrogen-bond acceptors (Lipinski definition) is 3. The third kappa shape index (κ3) is 3.18. The minimum Gasteiger partial charge on any atom is -0.447 e. The molecule has 0 spiro atoms. The molecule has 0 bridgehead atoms. The van der Waals surface area contributed by atoms with Crippen LogP contribution in [0.3, 0.4) is 0 Å². The Labute approximate surface area is 84.8 Å². The van der Waals surface area contributed by atoms with Crippen molar-refractivity contribution in [3.05, 3.63) is 0 Å². The molecule has 0 radical (unpaired) electrons. The van der Waals surface area contributed by atoms with Crippen LogP contribution in [0.25, 0.3) is 0 Å². The third-order valence-corrected chi connectivity index (χ3v) is 2.37. The molecule has 1 aliphatic rings. The van der Waals surface area contributed by atoms with Gasteiger partial charge in [0.1, 0.15) is 0 Å². The van der Waals surface area contributed by atoms with E-state index in [4.69, 9.17) is 9.84 Å². The van der Waals surface area contributed by atoms with Gasteiger partial charge in [-0.2, -0.15) is 0 Å². The second-order valence-corrected chi connectivity index (χ2v) is 4.07. The predicted octanol–water partition coefficient (Wildman–Crippen LogP) is 1.24. The monoisotopic (exact) mass is 201 g/mol. The third-order valence-electron chi connectivity index (χ3n) is 2.37. The van der Waals surface area contributed by atoms with Crippen LogP contribution < -0.4 is 0 Å². The largest absolute Gasteiger partial charge is 0.447 e. The Hall–Kier alpha value is -0.770. The maximum atomic E-state index is 11.5. The minimum absolute atomic E-state index is 0.0722. The molecule has 4 heteroatoms. The number of hydrogen-bond donors (Lipinski definition) is 1. The molecule has 14 heavy (non-hydrogen) atoms. The lowest BCUT2D eigenvalue weighted by Gasteiger charge is -2.31. The van der Waals surface area contributed by atoms with E-state index in [2.05, 4.69) is 0 Å². The Morgan fingerprint density at radius 3 is 2.93 bits per heavy atom. The van der Waals surface area contributed by atoms with E-state index >= 15 is 0 Å². The van der Waals surface area contributed by atoms with Crippen molar-refractivity contribution in [1.29, 1.82) is 0 Å². The highest BCUT2D eigenvalue weighted by Crippen LogP contribution is 2.16. The van der Waals surface area contributed by atoms with E-state index in [9.17, 15) is 4.79 Å². The van der Waals surface area contributed by atoms with Crippen molar-refractivity contribution in [2.45, 2.75) is 32.8 Å². The number of carbonyl (C=O) groups is 1. The van der Waals surface area contributed by atoms with Gasteiger partial charge in [-0.3, -0.25) is 0 Å². The topological polar surface area (TPSA) is 49.8 Å². The van der Waals surface area contributed by atoms with Gasteiger partial charge in [0.25, 0.3) is 0 Å². The molecule has 0 aromatic heterocycles. The van der Waals surface area contributed by atoms with Gasteiger partial charge >= 0.3 is 6.09 Å². The average molecular weight is 201 g/mol. The van der Waals surface area contributed by atoms with E-state index in [0.717, 1.165) is 19.4 Å². The quantitative estimate of drug-likeness (QED) is 0.731. The van der Waals surface area contributed by atoms with Crippen LogP contribution in [0.2, 0.25) is 0 Å². The summed E-state index contributed by atoms with van der Waals surface area (Å²) in [4.78, 5) is 13.2. The van der Waals surface area contributed by atoms with E-state index in [1.807, 2.05) is 13.8 Å². The first-order valence-electron chi connectivity index (χ1n) is 5.20. The highest BCUT2D eigenvalue weighted by atomic mass is 16.6. The van der Waals surface area contributed by atoms with Gasteiger partial charge in [-0.15, -0.1) is 0 Å². The van der Waals surface area contributed by atoms with Gasteiger partial charge in [-0.05, 0) is 32.6 Å². The molecule has 0 aromatic carbocycles. The van der Waals surface area contributed by atoms with Crippen molar-refractivity contribution < 1.29 is 14.6 Å². The van der Waals surface area contributed by atoms with Crippen molar-refractivity contribution in [3.8, 4) is 0 Å². The Kier molecular flexibility index (Phi) is 4.20. The SMILES string of the molecule is CC(C)OC(=O)N1CCCC(CO)C1. The molecule has 1 saturated heterocycles. The molecule has 1 rings (SSSR count). The highest BCUT2D eigenvalue weighted by Gasteiger charge is 2.24. The van der Waals surface area contributed by atoms with Crippen molar-refractivity contribution in [1.82, 2.24) is 4.90 Å². The first-order chi connectivity index (χ1) is 6.63. The van der Waals surface area contributed by atoms with Crippen LogP contribution in [0.15, 0.2) is 0 Å². The molecule has 1 N–H and O–H groups in total. The molecule has 4 nitrogen and oxygen atoms in total. The van der Waals surface area contributed by atoms with Crippen molar-refractivity contribution >= 4 is 6.09 Å². The first-order valence-corrected chi connectivity index (χ1v) is 5.20. The van der Waals surface area contributed by atoms with Gasteiger partial charge in [0.15, 0.2) is 0 Å². The lowest BCUT2D eigenvalue weighted by molar-refractivity contribution is 0.0548. The zero-order chi connectivity index (χ0) is 10.6. The maximum absolute atomic E-state index is 11.5. The summed E-state index contributed by atoms with van der Waals surface area (Å²) in [7, 11) is 0. The maximum Gasteiger partial charge on any atom is 0.410 e. The molecular formula is C10H19NO3. The predicted molar refractivity (Wildman–Crippen MR) is 53.0 cm³/mol. The van der Waals surface area contributed by atoms with Crippen LogP contribution in [0.5, 0.6) is 0 Å². The van der Waals surface area contributed by atoms with Gasteiger partial charge in [0.2, 0.25) is 0 Å². The molecule has 82 valence electrons. The van der Waals surface area contributed by atoms with Gasteiger partial charge < -0.3 is 14.7 Å². The normalized spacial score (nSPS) is 22.6. The first kappa shape index (κ1) is 11.3. The number of likely N-dealkylation sites (tertiary alicyclic amines) is 1. The fourth-order valence-electron chi connectivity index (χ4n) is 1.66. The smallest absolute Gasteiger partial charge is 0.410 e. The molecule has 0 aliphatic carbocycles. The summed E-state index contributed by atoms with van der Waals surface area (Å²) < 4.78 is 5.09. The fraction of sp³-hybridized carbons (Fsp3) is 0.900. The van der Waals surface area contributed by atoms with Crippen LogP contribution in [0.4, 0.5) is 4.79 Å². The standard InChI is InChI=1S/C10H19NO3/c1-8(2)14-10(13)11-5-3-4-9(6-11)7-12/h8-9,12H,3-7H2,1-2H3. The van der Waals surface area contributed by atoms with Crippen molar-refractivity contribution in [2.75, 3.05) is 19.7 Å². The van der Waals surface area contributed by atoms with Crippen LogP contribution in [0.1, 0.15) is 26.7 Å². The van der Waals surface area contributed by atoms with Crippen LogP contribution in [0, 0.1) is 5.92 Å². The molecule has 1 unspecified atom stereocenters. The second-order valence-electron chi connectivity index (χ2n) is 4.07. The summed E-state index contributed by atoms with van der Waals surface area (Å²) in [6.07, 6.45) is 1.63. The van der Waals surface area contributed by atoms with E-state index < -0.39 is 0 Å². The number of aliphatic hydroxyl groups excluding tert-OH is 1. The summed E-state index contributed by atoms with van der Waals surface area (Å²) in [6.45, 7) is 5.21. The number of nitrogens with zero attached hydrogens (tertiary/aromatic N) is 1. The highest BCUT2D eigenvalue weighted by molar-refractivity contribution is 5.67. The molecular weight excluding hydrogens is 182 g/mol. The Morgan fingerprint density at radius 2 is 2.36 bits per heavy atom. The summed E-state index contributed by atoms with van der Waals surface area (Å²) in [5.41, 5.74) is 0. The van der Waals surface area contributed by atoms with E-state index in [1.165, 1.54) is 0 Å². The summed E-state index contributed by atoms with van der Waals surface area (Å²) in [6, 6.07) is 0. The Balaban J connectivity index is 2.39. The fourth-order valence-corrected chi connectivity index (χ4v) is 1.66. The lowest BCUT2D eigenvalue weighted by Crippen LogP contribution is -2.41. The Bertz CT molecular complexity index is 194. The summed E-state index contributed by atoms with van der Waals surface area (Å²) in [5, 5.41) is 8.99. The number of carbonyl (C=O) groups excluding carboxylic acids is 1. The molecule has 1 aliphatic heterocycles. The minimum atomic E-state index is -0.252. The zero-order valence-corrected chi connectivity index (χ0v) is 8.90. The lowest BCUT2D eigenvalue weighted by atomic mass is 10.00. The number of amides is 1. The van der Waals surface area contributed by atoms with Crippen molar-refractivity contribution in [2.24, 2.45) is 5.92 Å². The van der Waals surface area contributed by atoms with E-state index in [-0.39, 0.29) is 24.7 Å². The van der Waals surface area contributed by atoms with Gasteiger partial charge in [-0.1, -0.05) is 0 Å². The van der Waals surface area contributed by atoms with Crippen molar-refractivity contribution in [3.63, 3.8) is 0 Å². The number of ether oxygens (including phenoxy) is 1. The van der Waals surface area contributed by atoms with Gasteiger partial charge in [0.05, 0.1) is 6.10 Å². The van der Waals surface area contributed by atoms with Crippen LogP contribution in [-0.4, -0.2) is 41.9 Å². The van der Waals surface area contributed by atoms with E-state index in [0.29, 0.717) is 6.54 Å². The van der Waals surface area contributed by atoms with Gasteiger partial charge in [0, 0.05) is 19.7 Å². The summed E-state index contributed by atoms with van der Waals surface area (Å²) in [5.74, 6) is 0.225. The second kappa shape index (κ2) is 5.20. The van der Waals surface area contributed by atoms with Crippen LogP contribution >= 0.6 is 0 Å². The molecule has 1 heterocycles. The molecule has 1 atom stereocenters. The molecule has 1 amide bonds. The average Bonchev–Trinajstić information content (AvgIpc) is 2.17. The molecule has 1 fully saturated rings. The number of aliphatic hydroxyl groups is 1. The number of rotatable bonds is 2. The van der Waals surface area contributed by atoms with E-state index in [1.54, 1.807) is 4.90 Å². The molecule has 0 saturated carbocycles. The zero-order valence-electron chi connectivity index (χ0n) is 8.90. The Morgan fingerprint density at radius 1 is 1.64 bits per heavy atom. The molecule has 0 aromatic rings. The van der Waals surface area contributed by atoms with Crippen LogP contribution in [-0.2, 0) is 4.74 Å². The van der Waals surface area contributed by atoms with Gasteiger partial charge in [-0.25, -0.2) is 4.79 Å². The number of piperidine rings is 1. The summed E-state index contributed by atoms with van der Waals surface area (Å²) >= 11 is 0.